The topological polar surface area (TPSA) is 52.6 Å². The summed E-state index contributed by atoms with van der Waals surface area (Å²) in [6, 6.07) is 0. The van der Waals surface area contributed by atoms with Crippen LogP contribution in [0.1, 0.15) is 52.4 Å². The van der Waals surface area contributed by atoms with E-state index in [9.17, 15) is 9.59 Å². The van der Waals surface area contributed by atoms with E-state index in [1.165, 1.54) is 0 Å². The summed E-state index contributed by atoms with van der Waals surface area (Å²) >= 11 is 0. The zero-order valence-electron chi connectivity index (χ0n) is 10.1. The molecule has 4 nitrogen and oxygen atoms in total. The fourth-order valence-corrected chi connectivity index (χ4v) is 1.94. The van der Waals surface area contributed by atoms with Gasteiger partial charge in [-0.2, -0.15) is 0 Å². The Balaban J connectivity index is 2.22. The average molecular weight is 228 g/mol. The molecule has 0 aromatic heterocycles. The summed E-state index contributed by atoms with van der Waals surface area (Å²) in [6.07, 6.45) is 5.08. The van der Waals surface area contributed by atoms with E-state index in [0.29, 0.717) is 6.42 Å². The van der Waals surface area contributed by atoms with Crippen molar-refractivity contribution in [3.63, 3.8) is 0 Å². The molecule has 0 aliphatic heterocycles. The first kappa shape index (κ1) is 13.0. The van der Waals surface area contributed by atoms with Gasteiger partial charge in [0.05, 0.1) is 0 Å². The highest BCUT2D eigenvalue weighted by Crippen LogP contribution is 2.32. The molecule has 0 N–H and O–H groups in total. The van der Waals surface area contributed by atoms with Crippen molar-refractivity contribution in [2.24, 2.45) is 0 Å². The molecular formula is C12H20O4. The molecule has 0 heterocycles. The van der Waals surface area contributed by atoms with E-state index in [2.05, 4.69) is 0 Å². The van der Waals surface area contributed by atoms with Gasteiger partial charge in [0.2, 0.25) is 0 Å². The third-order valence-corrected chi connectivity index (χ3v) is 2.83. The predicted molar refractivity (Wildman–Crippen MR) is 58.8 cm³/mol. The summed E-state index contributed by atoms with van der Waals surface area (Å²) in [6.45, 7) is 3.57. The Morgan fingerprint density at radius 2 is 1.81 bits per heavy atom. The molecule has 0 aromatic carbocycles. The lowest BCUT2D eigenvalue weighted by Gasteiger charge is -2.23. The fraction of sp³-hybridized carbons (Fsp3) is 0.833. The largest absolute Gasteiger partial charge is 0.457 e. The number of rotatable bonds is 5. The van der Waals surface area contributed by atoms with Crippen LogP contribution in [0.5, 0.6) is 0 Å². The lowest BCUT2D eigenvalue weighted by Crippen LogP contribution is -2.30. The summed E-state index contributed by atoms with van der Waals surface area (Å²) in [5, 5.41) is 0. The second-order valence-electron chi connectivity index (χ2n) is 4.54. The van der Waals surface area contributed by atoms with Crippen LogP contribution in [0.3, 0.4) is 0 Å². The van der Waals surface area contributed by atoms with Gasteiger partial charge in [-0.05, 0) is 39.0 Å². The Labute approximate surface area is 96.3 Å². The van der Waals surface area contributed by atoms with Gasteiger partial charge >= 0.3 is 11.9 Å². The van der Waals surface area contributed by atoms with Crippen molar-refractivity contribution < 1.29 is 19.1 Å². The molecule has 1 saturated carbocycles. The van der Waals surface area contributed by atoms with Gasteiger partial charge in [-0.1, -0.05) is 6.92 Å². The molecule has 0 spiro atoms. The normalized spacial score (nSPS) is 18.1. The number of carbonyl (C=O) groups is 2. The van der Waals surface area contributed by atoms with Crippen LogP contribution in [0.25, 0.3) is 0 Å². The first-order valence-electron chi connectivity index (χ1n) is 5.93. The Kier molecular flexibility index (Phi) is 4.77. The molecule has 1 rings (SSSR count). The monoisotopic (exact) mass is 228 g/mol. The van der Waals surface area contributed by atoms with E-state index in [-0.39, 0.29) is 18.2 Å². The van der Waals surface area contributed by atoms with E-state index in [0.717, 1.165) is 32.1 Å². The fourth-order valence-electron chi connectivity index (χ4n) is 1.94. The van der Waals surface area contributed by atoms with E-state index in [4.69, 9.17) is 9.47 Å². The maximum absolute atomic E-state index is 11.4. The highest BCUT2D eigenvalue weighted by atomic mass is 16.6. The molecule has 1 aliphatic rings. The number of esters is 2. The average Bonchev–Trinajstić information content (AvgIpc) is 2.62. The van der Waals surface area contributed by atoms with Crippen molar-refractivity contribution in [3.05, 3.63) is 0 Å². The second kappa shape index (κ2) is 5.87. The smallest absolute Gasteiger partial charge is 0.344 e. The quantitative estimate of drug-likeness (QED) is 0.677. The van der Waals surface area contributed by atoms with Crippen LogP contribution in [-0.4, -0.2) is 24.1 Å². The second-order valence-corrected chi connectivity index (χ2v) is 4.54. The Hall–Kier alpha value is -1.06. The van der Waals surface area contributed by atoms with Crippen molar-refractivity contribution in [2.45, 2.75) is 58.0 Å². The maximum Gasteiger partial charge on any atom is 0.344 e. The van der Waals surface area contributed by atoms with E-state index in [1.54, 1.807) is 0 Å². The number of ether oxygens (including phenoxy) is 2. The van der Waals surface area contributed by atoms with Gasteiger partial charge in [-0.3, -0.25) is 4.79 Å². The Morgan fingerprint density at radius 3 is 2.38 bits per heavy atom. The third kappa shape index (κ3) is 4.21. The minimum absolute atomic E-state index is 0.256. The summed E-state index contributed by atoms with van der Waals surface area (Å²) in [7, 11) is 0. The summed E-state index contributed by atoms with van der Waals surface area (Å²) in [5.41, 5.74) is -0.339. The van der Waals surface area contributed by atoms with Crippen molar-refractivity contribution in [3.8, 4) is 0 Å². The van der Waals surface area contributed by atoms with Crippen LogP contribution >= 0.6 is 0 Å². The van der Waals surface area contributed by atoms with Gasteiger partial charge in [0.25, 0.3) is 0 Å². The zero-order chi connectivity index (χ0) is 12.0. The van der Waals surface area contributed by atoms with Gasteiger partial charge in [0, 0.05) is 6.42 Å². The number of carbonyl (C=O) groups excluding carboxylic acids is 2. The van der Waals surface area contributed by atoms with Crippen LogP contribution in [0.15, 0.2) is 0 Å². The molecular weight excluding hydrogens is 208 g/mol. The van der Waals surface area contributed by atoms with Gasteiger partial charge in [-0.25, -0.2) is 4.79 Å². The van der Waals surface area contributed by atoms with Crippen molar-refractivity contribution in [1.82, 2.24) is 0 Å². The standard InChI is InChI=1S/C12H20O4/c1-3-6-10(13)15-9-11(14)16-12(2)7-4-5-8-12/h3-9H2,1-2H3. The molecule has 0 saturated heterocycles. The van der Waals surface area contributed by atoms with Gasteiger partial charge in [0.15, 0.2) is 6.61 Å². The molecule has 1 fully saturated rings. The van der Waals surface area contributed by atoms with E-state index >= 15 is 0 Å². The van der Waals surface area contributed by atoms with Gasteiger partial charge < -0.3 is 9.47 Å². The minimum Gasteiger partial charge on any atom is -0.457 e. The summed E-state index contributed by atoms with van der Waals surface area (Å²) in [4.78, 5) is 22.4. The number of hydrogen-bond acceptors (Lipinski definition) is 4. The first-order valence-corrected chi connectivity index (χ1v) is 5.93. The summed E-state index contributed by atoms with van der Waals surface area (Å²) < 4.78 is 10.1. The Bertz CT molecular complexity index is 254. The van der Waals surface area contributed by atoms with E-state index < -0.39 is 5.97 Å². The lowest BCUT2D eigenvalue weighted by molar-refractivity contribution is -0.168. The van der Waals surface area contributed by atoms with Gasteiger partial charge in [0.1, 0.15) is 5.60 Å². The molecule has 0 atom stereocenters. The van der Waals surface area contributed by atoms with Crippen LogP contribution in [0.2, 0.25) is 0 Å². The predicted octanol–water partition coefficient (Wildman–Crippen LogP) is 2.21. The summed E-state index contributed by atoms with van der Waals surface area (Å²) in [5.74, 6) is -0.773. The van der Waals surface area contributed by atoms with Crippen molar-refractivity contribution in [1.29, 1.82) is 0 Å². The molecule has 16 heavy (non-hydrogen) atoms. The Morgan fingerprint density at radius 1 is 1.19 bits per heavy atom. The minimum atomic E-state index is -0.436. The van der Waals surface area contributed by atoms with E-state index in [1.807, 2.05) is 13.8 Å². The third-order valence-electron chi connectivity index (χ3n) is 2.83. The molecule has 0 amide bonds. The zero-order valence-corrected chi connectivity index (χ0v) is 10.1. The molecule has 92 valence electrons. The molecule has 0 aromatic rings. The van der Waals surface area contributed by atoms with Crippen LogP contribution in [0.4, 0.5) is 0 Å². The highest BCUT2D eigenvalue weighted by molar-refractivity contribution is 5.76. The molecule has 0 radical (unpaired) electrons. The molecule has 4 heteroatoms. The highest BCUT2D eigenvalue weighted by Gasteiger charge is 2.32. The number of hydrogen-bond donors (Lipinski definition) is 0. The van der Waals surface area contributed by atoms with Crippen LogP contribution < -0.4 is 0 Å². The SMILES string of the molecule is CCCC(=O)OCC(=O)OC1(C)CCCC1. The van der Waals surface area contributed by atoms with Crippen LogP contribution in [-0.2, 0) is 19.1 Å². The first-order chi connectivity index (χ1) is 7.56. The maximum atomic E-state index is 11.4. The van der Waals surface area contributed by atoms with Crippen LogP contribution in [0, 0.1) is 0 Å². The van der Waals surface area contributed by atoms with Crippen molar-refractivity contribution >= 4 is 11.9 Å². The lowest BCUT2D eigenvalue weighted by atomic mass is 10.1. The van der Waals surface area contributed by atoms with Gasteiger partial charge in [-0.15, -0.1) is 0 Å². The molecule has 0 unspecified atom stereocenters. The molecule has 0 bridgehead atoms. The molecule has 1 aliphatic carbocycles. The van der Waals surface area contributed by atoms with Crippen molar-refractivity contribution in [2.75, 3.05) is 6.61 Å².